The van der Waals surface area contributed by atoms with E-state index in [4.69, 9.17) is 0 Å². The average Bonchev–Trinajstić information content (AvgIpc) is 3.29. The van der Waals surface area contributed by atoms with Crippen LogP contribution in [0.4, 0.5) is 5.69 Å². The largest absolute Gasteiger partial charge is 0.379 e. The van der Waals surface area contributed by atoms with Crippen LogP contribution in [0.3, 0.4) is 0 Å². The predicted octanol–water partition coefficient (Wildman–Crippen LogP) is 3.79. The number of hydrogen-bond donors (Lipinski definition) is 1. The molecule has 0 aliphatic heterocycles. The van der Waals surface area contributed by atoms with E-state index in [2.05, 4.69) is 42.3 Å². The van der Waals surface area contributed by atoms with Crippen LogP contribution in [0.15, 0.2) is 44.2 Å². The number of benzene rings is 1. The lowest BCUT2D eigenvalue weighted by Crippen LogP contribution is -2.25. The minimum absolute atomic E-state index is 0.0703. The highest BCUT2D eigenvalue weighted by Crippen LogP contribution is 2.30. The van der Waals surface area contributed by atoms with E-state index in [0.29, 0.717) is 16.9 Å². The summed E-state index contributed by atoms with van der Waals surface area (Å²) in [5.74, 6) is 0.626. The van der Waals surface area contributed by atoms with Gasteiger partial charge in [-0.2, -0.15) is 5.10 Å². The minimum Gasteiger partial charge on any atom is -0.379 e. The van der Waals surface area contributed by atoms with Gasteiger partial charge in [-0.25, -0.2) is 4.68 Å². The number of anilines is 1. The average molecular weight is 413 g/mol. The van der Waals surface area contributed by atoms with Crippen molar-refractivity contribution in [2.24, 2.45) is 5.92 Å². The first-order chi connectivity index (χ1) is 10.1. The quantitative estimate of drug-likeness (QED) is 0.812. The van der Waals surface area contributed by atoms with Crippen molar-refractivity contribution in [3.63, 3.8) is 0 Å². The van der Waals surface area contributed by atoms with Crippen molar-refractivity contribution in [3.8, 4) is 0 Å². The molecule has 0 unspecified atom stereocenters. The molecule has 0 saturated heterocycles. The maximum atomic E-state index is 12.2. The van der Waals surface area contributed by atoms with Crippen LogP contribution >= 0.6 is 31.9 Å². The summed E-state index contributed by atoms with van der Waals surface area (Å²) < 4.78 is 3.14. The van der Waals surface area contributed by atoms with E-state index in [1.807, 2.05) is 24.3 Å². The van der Waals surface area contributed by atoms with Gasteiger partial charge in [0.2, 0.25) is 0 Å². The summed E-state index contributed by atoms with van der Waals surface area (Å²) >= 11 is 6.90. The number of rotatable bonds is 5. The van der Waals surface area contributed by atoms with E-state index >= 15 is 0 Å². The summed E-state index contributed by atoms with van der Waals surface area (Å²) in [6, 6.07) is 8.00. The molecule has 1 N–H and O–H groups in total. The van der Waals surface area contributed by atoms with E-state index in [1.165, 1.54) is 12.8 Å². The number of halogens is 2. The summed E-state index contributed by atoms with van der Waals surface area (Å²) in [5, 5.41) is 7.51. The third-order valence-electron chi connectivity index (χ3n) is 3.54. The molecule has 1 saturated carbocycles. The topological polar surface area (TPSA) is 46.9 Å². The molecule has 110 valence electrons. The smallest absolute Gasteiger partial charge is 0.283 e. The summed E-state index contributed by atoms with van der Waals surface area (Å²) in [6.45, 7) is 1.36. The van der Waals surface area contributed by atoms with Gasteiger partial charge in [0.05, 0.1) is 11.9 Å². The second-order valence-electron chi connectivity index (χ2n) is 5.25. The van der Waals surface area contributed by atoms with Crippen molar-refractivity contribution in [3.05, 3.63) is 55.3 Å². The Hall–Kier alpha value is -1.14. The van der Waals surface area contributed by atoms with Gasteiger partial charge in [-0.05, 0) is 46.3 Å². The van der Waals surface area contributed by atoms with E-state index in [-0.39, 0.29) is 5.56 Å². The molecule has 1 heterocycles. The number of nitrogens with zero attached hydrogens (tertiary/aromatic N) is 2. The lowest BCUT2D eigenvalue weighted by molar-refractivity contribution is 0.532. The van der Waals surface area contributed by atoms with E-state index in [0.717, 1.165) is 22.3 Å². The van der Waals surface area contributed by atoms with Crippen molar-refractivity contribution in [2.45, 2.75) is 25.9 Å². The molecule has 0 spiro atoms. The van der Waals surface area contributed by atoms with Gasteiger partial charge in [-0.3, -0.25) is 4.79 Å². The van der Waals surface area contributed by atoms with E-state index in [1.54, 1.807) is 10.9 Å². The summed E-state index contributed by atoms with van der Waals surface area (Å²) in [5.41, 5.74) is 1.79. The Balaban J connectivity index is 1.75. The monoisotopic (exact) mass is 411 g/mol. The van der Waals surface area contributed by atoms with Crippen molar-refractivity contribution >= 4 is 37.5 Å². The third kappa shape index (κ3) is 3.55. The Morgan fingerprint density at radius 1 is 1.29 bits per heavy atom. The van der Waals surface area contributed by atoms with Crippen LogP contribution in [-0.4, -0.2) is 9.78 Å². The Morgan fingerprint density at radius 3 is 2.76 bits per heavy atom. The molecule has 0 amide bonds. The van der Waals surface area contributed by atoms with Crippen LogP contribution in [0.2, 0.25) is 0 Å². The zero-order valence-corrected chi connectivity index (χ0v) is 14.5. The van der Waals surface area contributed by atoms with Crippen LogP contribution in [0, 0.1) is 5.92 Å². The van der Waals surface area contributed by atoms with Gasteiger partial charge in [0.1, 0.15) is 4.47 Å². The van der Waals surface area contributed by atoms with Crippen LogP contribution < -0.4 is 10.9 Å². The molecule has 1 aliphatic rings. The highest BCUT2D eigenvalue weighted by Gasteiger charge is 2.23. The minimum atomic E-state index is -0.0703. The third-order valence-corrected chi connectivity index (χ3v) is 5.08. The summed E-state index contributed by atoms with van der Waals surface area (Å²) in [7, 11) is 0. The number of nitrogens with one attached hydrogen (secondary N) is 1. The number of aromatic nitrogens is 2. The van der Waals surface area contributed by atoms with Crippen molar-refractivity contribution in [1.29, 1.82) is 0 Å². The maximum absolute atomic E-state index is 12.2. The molecule has 0 atom stereocenters. The normalized spacial score (nSPS) is 14.2. The first-order valence-corrected chi connectivity index (χ1v) is 8.46. The van der Waals surface area contributed by atoms with Gasteiger partial charge < -0.3 is 5.32 Å². The predicted molar refractivity (Wildman–Crippen MR) is 90.4 cm³/mol. The Labute approximate surface area is 139 Å². The van der Waals surface area contributed by atoms with Gasteiger partial charge in [-0.1, -0.05) is 34.1 Å². The molecule has 0 bridgehead atoms. The molecule has 1 aliphatic carbocycles. The lowest BCUT2D eigenvalue weighted by atomic mass is 10.2. The molecule has 0 radical (unpaired) electrons. The van der Waals surface area contributed by atoms with Crippen molar-refractivity contribution in [1.82, 2.24) is 9.78 Å². The molecule has 6 heteroatoms. The summed E-state index contributed by atoms with van der Waals surface area (Å²) in [6.07, 6.45) is 4.12. The highest BCUT2D eigenvalue weighted by molar-refractivity contribution is 9.10. The zero-order valence-electron chi connectivity index (χ0n) is 11.4. The van der Waals surface area contributed by atoms with Gasteiger partial charge >= 0.3 is 0 Å². The van der Waals surface area contributed by atoms with Crippen LogP contribution in [0.25, 0.3) is 0 Å². The fourth-order valence-corrected chi connectivity index (χ4v) is 2.97. The Morgan fingerprint density at radius 2 is 2.05 bits per heavy atom. The van der Waals surface area contributed by atoms with Crippen molar-refractivity contribution < 1.29 is 0 Å². The Kier molecular flexibility index (Phi) is 4.45. The van der Waals surface area contributed by atoms with Crippen LogP contribution in [0.5, 0.6) is 0 Å². The highest BCUT2D eigenvalue weighted by atomic mass is 79.9. The second-order valence-corrected chi connectivity index (χ2v) is 6.90. The zero-order chi connectivity index (χ0) is 14.8. The van der Waals surface area contributed by atoms with E-state index in [9.17, 15) is 4.79 Å². The molecule has 1 aromatic heterocycles. The molecule has 1 aromatic carbocycles. The van der Waals surface area contributed by atoms with Gasteiger partial charge in [-0.15, -0.1) is 0 Å². The molecule has 1 fully saturated rings. The van der Waals surface area contributed by atoms with Crippen LogP contribution in [-0.2, 0) is 13.1 Å². The van der Waals surface area contributed by atoms with Crippen molar-refractivity contribution in [2.75, 3.05) is 5.32 Å². The molecular weight excluding hydrogens is 398 g/mol. The molecular formula is C15H15Br2N3O. The number of hydrogen-bond acceptors (Lipinski definition) is 3. The first-order valence-electron chi connectivity index (χ1n) is 6.88. The van der Waals surface area contributed by atoms with Gasteiger partial charge in [0, 0.05) is 17.6 Å². The standard InChI is InChI=1S/C15H15Br2N3O/c16-12-4-2-1-3-11(12)7-18-13-8-19-20(9-10-5-6-10)15(21)14(13)17/h1-4,8,10,18H,5-7,9H2. The molecule has 21 heavy (non-hydrogen) atoms. The molecule has 4 nitrogen and oxygen atoms in total. The van der Waals surface area contributed by atoms with E-state index < -0.39 is 0 Å². The molecule has 2 aromatic rings. The van der Waals surface area contributed by atoms with Crippen LogP contribution in [0.1, 0.15) is 18.4 Å². The lowest BCUT2D eigenvalue weighted by Gasteiger charge is -2.11. The fourth-order valence-electron chi connectivity index (χ4n) is 2.10. The Bertz CT molecular complexity index is 710. The summed E-state index contributed by atoms with van der Waals surface area (Å²) in [4.78, 5) is 12.2. The SMILES string of the molecule is O=c1c(Br)c(NCc2ccccc2Br)cnn1CC1CC1. The molecule has 3 rings (SSSR count). The maximum Gasteiger partial charge on any atom is 0.283 e. The second kappa shape index (κ2) is 6.32. The first kappa shape index (κ1) is 14.8. The fraction of sp³-hybridized carbons (Fsp3) is 0.333. The van der Waals surface area contributed by atoms with Gasteiger partial charge in [0.15, 0.2) is 0 Å². The van der Waals surface area contributed by atoms with Gasteiger partial charge in [0.25, 0.3) is 5.56 Å².